The topological polar surface area (TPSA) is 35.5 Å². The predicted octanol–water partition coefficient (Wildman–Crippen LogP) is 8.44. The van der Waals surface area contributed by atoms with Gasteiger partial charge in [0.2, 0.25) is 0 Å². The minimum Gasteiger partial charge on any atom is -0.465 e. The minimum absolute atomic E-state index is 0.0494. The highest BCUT2D eigenvalue weighted by Gasteiger charge is 2.44. The second kappa shape index (κ2) is 9.23. The number of ether oxygens (including phenoxy) is 1. The summed E-state index contributed by atoms with van der Waals surface area (Å²) < 4.78 is 26.3. The summed E-state index contributed by atoms with van der Waals surface area (Å²) >= 11 is 0. The van der Waals surface area contributed by atoms with E-state index in [9.17, 15) is 9.18 Å². The number of carbonyl (C=O) groups excluding carboxylic acids is 1. The van der Waals surface area contributed by atoms with Gasteiger partial charge in [0.1, 0.15) is 5.82 Å². The maximum atomic E-state index is 13.9. The number of hydrogen-bond acceptors (Lipinski definition) is 3. The third-order valence-corrected chi connectivity index (χ3v) is 12.1. The molecule has 1 aliphatic carbocycles. The molecule has 0 heterocycles. The molecule has 0 fully saturated rings. The van der Waals surface area contributed by atoms with E-state index in [0.29, 0.717) is 5.56 Å². The zero-order valence-corrected chi connectivity index (χ0v) is 23.6. The maximum absolute atomic E-state index is 13.9. The summed E-state index contributed by atoms with van der Waals surface area (Å²) in [7, 11) is -0.697. The molecule has 0 aliphatic heterocycles. The molecule has 0 N–H and O–H groups in total. The zero-order chi connectivity index (χ0) is 25.6. The van der Waals surface area contributed by atoms with Crippen LogP contribution in [0.4, 0.5) is 4.39 Å². The largest absolute Gasteiger partial charge is 0.465 e. The summed E-state index contributed by atoms with van der Waals surface area (Å²) in [6, 6.07) is 8.65. The Labute approximate surface area is 206 Å². The van der Waals surface area contributed by atoms with E-state index >= 15 is 0 Å². The number of methoxy groups -OCH3 is 1. The number of halogens is 1. The first kappa shape index (κ1) is 26.6. The third kappa shape index (κ3) is 5.16. The van der Waals surface area contributed by atoms with Crippen molar-refractivity contribution < 1.29 is 18.3 Å². The number of fused-ring (bicyclic) bond motifs is 1. The van der Waals surface area contributed by atoms with Crippen LogP contribution in [-0.2, 0) is 15.6 Å². The number of benzene rings is 2. The lowest BCUT2D eigenvalue weighted by Gasteiger charge is -2.45. The molecule has 0 saturated heterocycles. The number of carbonyl (C=O) groups is 1. The Bertz CT molecular complexity index is 1060. The molecule has 1 atom stereocenters. The van der Waals surface area contributed by atoms with Crippen LogP contribution in [0.3, 0.4) is 0 Å². The number of hydrogen-bond donors (Lipinski definition) is 0. The van der Waals surface area contributed by atoms with E-state index in [1.165, 1.54) is 24.8 Å². The summed E-state index contributed by atoms with van der Waals surface area (Å²) in [6.07, 6.45) is 1.61. The average Bonchev–Trinajstić information content (AvgIpc) is 2.70. The van der Waals surface area contributed by atoms with Crippen LogP contribution < -0.4 is 0 Å². The maximum Gasteiger partial charge on any atom is 0.338 e. The summed E-state index contributed by atoms with van der Waals surface area (Å²) in [4.78, 5) is 13.2. The second-order valence-corrected chi connectivity index (χ2v) is 17.1. The first-order valence-corrected chi connectivity index (χ1v) is 15.2. The van der Waals surface area contributed by atoms with Gasteiger partial charge in [-0.25, -0.2) is 9.18 Å². The fraction of sp³-hybridized carbons (Fsp3) is 0.552. The van der Waals surface area contributed by atoms with Crippen LogP contribution in [0.5, 0.6) is 0 Å². The van der Waals surface area contributed by atoms with E-state index in [4.69, 9.17) is 9.16 Å². The van der Waals surface area contributed by atoms with E-state index < -0.39 is 8.32 Å². The van der Waals surface area contributed by atoms with Gasteiger partial charge in [0.15, 0.2) is 8.32 Å². The lowest BCUT2D eigenvalue weighted by Crippen LogP contribution is -2.43. The number of esters is 1. The van der Waals surface area contributed by atoms with Gasteiger partial charge in [-0.05, 0) is 76.7 Å². The molecule has 0 radical (unpaired) electrons. The lowest BCUT2D eigenvalue weighted by molar-refractivity contribution is 0.0599. The summed E-state index contributed by atoms with van der Waals surface area (Å²) in [5.74, 6) is -0.530. The quantitative estimate of drug-likeness (QED) is 0.315. The summed E-state index contributed by atoms with van der Waals surface area (Å²) in [6.45, 7) is 20.1. The molecule has 1 unspecified atom stereocenters. The van der Waals surface area contributed by atoms with Crippen molar-refractivity contribution in [2.45, 2.75) is 91.5 Å². The van der Waals surface area contributed by atoms with Crippen molar-refractivity contribution in [3.63, 3.8) is 0 Å². The average molecular weight is 485 g/mol. The van der Waals surface area contributed by atoms with Crippen LogP contribution in [0.15, 0.2) is 30.3 Å². The van der Waals surface area contributed by atoms with Gasteiger partial charge in [-0.15, -0.1) is 0 Å². The van der Waals surface area contributed by atoms with Crippen LogP contribution in [0.2, 0.25) is 18.1 Å². The highest BCUT2D eigenvalue weighted by molar-refractivity contribution is 6.74. The molecule has 34 heavy (non-hydrogen) atoms. The van der Waals surface area contributed by atoms with Crippen LogP contribution in [0, 0.1) is 11.2 Å². The SMILES string of the molecule is COC(=O)c1c(C(C)C)cc2c(c1-c1ccc(F)cc1)C(O[Si](C)(C)C(C)(C)C)CC(C)(C)C2. The molecule has 5 heteroatoms. The molecule has 3 rings (SSSR count). The minimum atomic E-state index is -2.12. The van der Waals surface area contributed by atoms with Crippen LogP contribution >= 0.6 is 0 Å². The third-order valence-electron chi connectivity index (χ3n) is 7.60. The Balaban J connectivity index is 2.41. The Morgan fingerprint density at radius 3 is 2.24 bits per heavy atom. The Morgan fingerprint density at radius 2 is 1.74 bits per heavy atom. The van der Waals surface area contributed by atoms with Crippen molar-refractivity contribution in [2.75, 3.05) is 7.11 Å². The normalized spacial score (nSPS) is 18.1. The van der Waals surface area contributed by atoms with Gasteiger partial charge in [0.25, 0.3) is 0 Å². The second-order valence-electron chi connectivity index (χ2n) is 12.4. The Hall–Kier alpha value is -1.98. The molecular weight excluding hydrogens is 443 g/mol. The molecule has 3 nitrogen and oxygen atoms in total. The Morgan fingerprint density at radius 1 is 1.15 bits per heavy atom. The molecule has 0 saturated carbocycles. The van der Waals surface area contributed by atoms with Crippen molar-refractivity contribution in [1.82, 2.24) is 0 Å². The van der Waals surface area contributed by atoms with Crippen molar-refractivity contribution in [2.24, 2.45) is 5.41 Å². The van der Waals surface area contributed by atoms with Gasteiger partial charge in [0, 0.05) is 5.56 Å². The lowest BCUT2D eigenvalue weighted by atomic mass is 9.69. The molecule has 0 bridgehead atoms. The van der Waals surface area contributed by atoms with E-state index in [2.05, 4.69) is 67.6 Å². The molecule has 1 aliphatic rings. The van der Waals surface area contributed by atoms with Crippen molar-refractivity contribution in [1.29, 1.82) is 0 Å². The van der Waals surface area contributed by atoms with Gasteiger partial charge >= 0.3 is 5.97 Å². The summed E-state index contributed by atoms with van der Waals surface area (Å²) in [5.41, 5.74) is 5.55. The molecule has 186 valence electrons. The summed E-state index contributed by atoms with van der Waals surface area (Å²) in [5, 5.41) is 0.0494. The molecule has 2 aromatic rings. The molecular formula is C29H41FO3Si. The predicted molar refractivity (Wildman–Crippen MR) is 140 cm³/mol. The zero-order valence-electron chi connectivity index (χ0n) is 22.6. The first-order valence-electron chi connectivity index (χ1n) is 12.3. The fourth-order valence-corrected chi connectivity index (χ4v) is 6.08. The van der Waals surface area contributed by atoms with Crippen LogP contribution in [0.1, 0.15) is 94.0 Å². The standard InChI is InChI=1S/C29H41FO3Si/c1-18(2)22-15-20-16-29(6,7)17-23(33-34(9,10)28(3,4)5)24(20)25(26(22)27(31)32-8)19-11-13-21(30)14-12-19/h11-15,18,23H,16-17H2,1-10H3. The van der Waals surface area contributed by atoms with Gasteiger partial charge in [-0.2, -0.15) is 0 Å². The number of rotatable bonds is 5. The van der Waals surface area contributed by atoms with Crippen molar-refractivity contribution >= 4 is 14.3 Å². The smallest absolute Gasteiger partial charge is 0.338 e. The van der Waals surface area contributed by atoms with Crippen LogP contribution in [-0.4, -0.2) is 21.4 Å². The molecule has 0 spiro atoms. The van der Waals surface area contributed by atoms with Gasteiger partial charge < -0.3 is 9.16 Å². The molecule has 0 amide bonds. The van der Waals surface area contributed by atoms with Crippen molar-refractivity contribution in [3.8, 4) is 11.1 Å². The van der Waals surface area contributed by atoms with E-state index in [0.717, 1.165) is 35.1 Å². The Kier molecular flexibility index (Phi) is 7.23. The van der Waals surface area contributed by atoms with Crippen molar-refractivity contribution in [3.05, 3.63) is 58.4 Å². The van der Waals surface area contributed by atoms with Gasteiger partial charge in [0.05, 0.1) is 18.8 Å². The van der Waals surface area contributed by atoms with Gasteiger partial charge in [-0.3, -0.25) is 0 Å². The van der Waals surface area contributed by atoms with E-state index in [1.807, 2.05) is 0 Å². The van der Waals surface area contributed by atoms with E-state index in [-0.39, 0.29) is 34.3 Å². The highest BCUT2D eigenvalue weighted by atomic mass is 28.4. The highest BCUT2D eigenvalue weighted by Crippen LogP contribution is 2.51. The fourth-order valence-electron chi connectivity index (χ4n) is 4.81. The van der Waals surface area contributed by atoms with Crippen LogP contribution in [0.25, 0.3) is 11.1 Å². The first-order chi connectivity index (χ1) is 15.6. The van der Waals surface area contributed by atoms with Gasteiger partial charge in [-0.1, -0.05) is 66.7 Å². The monoisotopic (exact) mass is 484 g/mol. The van der Waals surface area contributed by atoms with E-state index in [1.54, 1.807) is 12.1 Å². The molecule has 0 aromatic heterocycles. The molecule has 2 aromatic carbocycles.